The summed E-state index contributed by atoms with van der Waals surface area (Å²) in [5.74, 6) is -0.0745. The third-order valence-electron chi connectivity index (χ3n) is 1.72. The standard InChI is InChI=1S/C9H9N2O3/c1-13-6-3-4-8(11-10)7(5-6)9(12)14-2/h3-5H,1-2H3/q+1. The molecule has 72 valence electrons. The van der Waals surface area contributed by atoms with Gasteiger partial charge < -0.3 is 9.47 Å². The van der Waals surface area contributed by atoms with E-state index in [1.165, 1.54) is 26.4 Å². The molecule has 0 N–H and O–H groups in total. The topological polar surface area (TPSA) is 63.7 Å². The molecule has 5 heteroatoms. The lowest BCUT2D eigenvalue weighted by atomic mass is 10.2. The molecule has 0 amide bonds. The van der Waals surface area contributed by atoms with Crippen LogP contribution in [0.4, 0.5) is 5.69 Å². The summed E-state index contributed by atoms with van der Waals surface area (Å²) >= 11 is 0. The Morgan fingerprint density at radius 3 is 2.64 bits per heavy atom. The molecule has 14 heavy (non-hydrogen) atoms. The lowest BCUT2D eigenvalue weighted by Gasteiger charge is -1.99. The summed E-state index contributed by atoms with van der Waals surface area (Å²) < 4.78 is 9.43. The van der Waals surface area contributed by atoms with Crippen molar-refractivity contribution in [3.8, 4) is 5.75 Å². The minimum Gasteiger partial charge on any atom is -0.497 e. The summed E-state index contributed by atoms with van der Waals surface area (Å²) in [4.78, 5) is 14.2. The molecule has 0 radical (unpaired) electrons. The highest BCUT2D eigenvalue weighted by atomic mass is 16.5. The maximum Gasteiger partial charge on any atom is 0.399 e. The van der Waals surface area contributed by atoms with Crippen LogP contribution in [0.3, 0.4) is 0 Å². The van der Waals surface area contributed by atoms with E-state index in [4.69, 9.17) is 10.1 Å². The number of benzene rings is 1. The van der Waals surface area contributed by atoms with Gasteiger partial charge in [-0.25, -0.2) is 4.79 Å². The van der Waals surface area contributed by atoms with Crippen molar-refractivity contribution in [2.24, 2.45) is 0 Å². The summed E-state index contributed by atoms with van der Waals surface area (Å²) in [5.41, 5.74) is 0.312. The summed E-state index contributed by atoms with van der Waals surface area (Å²) in [6, 6.07) is 4.49. The number of rotatable bonds is 2. The smallest absolute Gasteiger partial charge is 0.399 e. The Morgan fingerprint density at radius 2 is 2.14 bits per heavy atom. The number of esters is 1. The normalized spacial score (nSPS) is 8.93. The Kier molecular flexibility index (Phi) is 3.02. The predicted octanol–water partition coefficient (Wildman–Crippen LogP) is 1.97. The minimum atomic E-state index is -0.572. The highest BCUT2D eigenvalue weighted by Gasteiger charge is 2.21. The first kappa shape index (κ1) is 9.99. The van der Waals surface area contributed by atoms with Crippen LogP contribution in [0.5, 0.6) is 5.75 Å². The van der Waals surface area contributed by atoms with E-state index in [2.05, 4.69) is 9.71 Å². The van der Waals surface area contributed by atoms with E-state index in [0.29, 0.717) is 5.75 Å². The molecule has 1 aromatic rings. The van der Waals surface area contributed by atoms with E-state index in [1.54, 1.807) is 6.07 Å². The molecule has 5 nitrogen and oxygen atoms in total. The number of hydrogen-bond donors (Lipinski definition) is 0. The Hall–Kier alpha value is -2.09. The van der Waals surface area contributed by atoms with E-state index in [-0.39, 0.29) is 11.3 Å². The molecule has 0 saturated carbocycles. The first-order valence-electron chi connectivity index (χ1n) is 3.84. The zero-order valence-electron chi connectivity index (χ0n) is 7.85. The summed E-state index contributed by atoms with van der Waals surface area (Å²) in [7, 11) is 2.73. The van der Waals surface area contributed by atoms with Gasteiger partial charge in [-0.1, -0.05) is 0 Å². The van der Waals surface area contributed by atoms with Crippen molar-refractivity contribution in [1.82, 2.24) is 0 Å². The highest BCUT2D eigenvalue weighted by molar-refractivity contribution is 5.96. The zero-order chi connectivity index (χ0) is 10.6. The number of carbonyl (C=O) groups excluding carboxylic acids is 1. The first-order valence-corrected chi connectivity index (χ1v) is 3.84. The van der Waals surface area contributed by atoms with Crippen LogP contribution in [0, 0.1) is 5.39 Å². The highest BCUT2D eigenvalue weighted by Crippen LogP contribution is 2.24. The average molecular weight is 193 g/mol. The van der Waals surface area contributed by atoms with Crippen molar-refractivity contribution >= 4 is 11.7 Å². The molecule has 0 bridgehead atoms. The van der Waals surface area contributed by atoms with E-state index in [1.807, 2.05) is 0 Å². The molecule has 0 unspecified atom stereocenters. The fourth-order valence-corrected chi connectivity index (χ4v) is 1.00. The number of diazo groups is 1. The fourth-order valence-electron chi connectivity index (χ4n) is 1.00. The van der Waals surface area contributed by atoms with Gasteiger partial charge in [0, 0.05) is 12.1 Å². The van der Waals surface area contributed by atoms with Crippen molar-refractivity contribution in [2.75, 3.05) is 14.2 Å². The molecule has 0 aliphatic rings. The van der Waals surface area contributed by atoms with Gasteiger partial charge in [0.1, 0.15) is 5.75 Å². The van der Waals surface area contributed by atoms with Crippen LogP contribution in [0.2, 0.25) is 0 Å². The quantitative estimate of drug-likeness (QED) is 0.532. The van der Waals surface area contributed by atoms with Crippen LogP contribution in [-0.2, 0) is 4.74 Å². The molecule has 0 aliphatic carbocycles. The van der Waals surface area contributed by atoms with E-state index in [9.17, 15) is 4.79 Å². The molecule has 0 atom stereocenters. The average Bonchev–Trinajstić information content (AvgIpc) is 2.27. The third kappa shape index (κ3) is 1.80. The van der Waals surface area contributed by atoms with Crippen LogP contribution < -0.4 is 4.74 Å². The Bertz CT molecular complexity index is 396. The molecular formula is C9H9N2O3+. The van der Waals surface area contributed by atoms with Gasteiger partial charge in [0.05, 0.1) is 14.2 Å². The summed E-state index contributed by atoms with van der Waals surface area (Å²) in [5, 5.41) is 8.60. The second-order valence-corrected chi connectivity index (χ2v) is 2.47. The molecule has 0 fully saturated rings. The van der Waals surface area contributed by atoms with Crippen molar-refractivity contribution in [3.63, 3.8) is 0 Å². The van der Waals surface area contributed by atoms with E-state index >= 15 is 0 Å². The number of methoxy groups -OCH3 is 2. The SMILES string of the molecule is COC(=O)c1cc(OC)ccc1[N+]#N. The molecule has 0 aliphatic heterocycles. The predicted molar refractivity (Wildman–Crippen MR) is 49.1 cm³/mol. The number of carbonyl (C=O) groups is 1. The molecular weight excluding hydrogens is 184 g/mol. The maximum absolute atomic E-state index is 11.2. The van der Waals surface area contributed by atoms with Gasteiger partial charge in [0.15, 0.2) is 10.5 Å². The molecule has 1 rings (SSSR count). The van der Waals surface area contributed by atoms with Crippen LogP contribution >= 0.6 is 0 Å². The van der Waals surface area contributed by atoms with Gasteiger partial charge in [-0.05, 0) is 6.07 Å². The van der Waals surface area contributed by atoms with Gasteiger partial charge in [0.2, 0.25) is 5.39 Å². The van der Waals surface area contributed by atoms with Gasteiger partial charge in [-0.3, -0.25) is 0 Å². The van der Waals surface area contributed by atoms with Crippen LogP contribution in [-0.4, -0.2) is 20.2 Å². The van der Waals surface area contributed by atoms with Crippen molar-refractivity contribution < 1.29 is 14.3 Å². The summed E-state index contributed by atoms with van der Waals surface area (Å²) in [6.45, 7) is 0. The molecule has 0 spiro atoms. The summed E-state index contributed by atoms with van der Waals surface area (Å²) in [6.07, 6.45) is 0. The number of nitrogens with zero attached hydrogens (tertiary/aromatic N) is 2. The number of ether oxygens (including phenoxy) is 2. The lowest BCUT2D eigenvalue weighted by molar-refractivity contribution is 0.0601. The second kappa shape index (κ2) is 4.23. The Balaban J connectivity index is 3.23. The monoisotopic (exact) mass is 193 g/mol. The van der Waals surface area contributed by atoms with Crippen LogP contribution in [0.25, 0.3) is 4.98 Å². The van der Waals surface area contributed by atoms with E-state index < -0.39 is 5.97 Å². The molecule has 0 heterocycles. The van der Waals surface area contributed by atoms with Crippen LogP contribution in [0.15, 0.2) is 18.2 Å². The Labute approximate surface area is 80.9 Å². The first-order chi connectivity index (χ1) is 6.72. The van der Waals surface area contributed by atoms with E-state index in [0.717, 1.165) is 0 Å². The van der Waals surface area contributed by atoms with Crippen molar-refractivity contribution in [1.29, 1.82) is 5.39 Å². The lowest BCUT2D eigenvalue weighted by Crippen LogP contribution is -2.01. The zero-order valence-corrected chi connectivity index (χ0v) is 7.85. The minimum absolute atomic E-state index is 0.151. The fraction of sp³-hybridized carbons (Fsp3) is 0.222. The number of hydrogen-bond acceptors (Lipinski definition) is 4. The van der Waals surface area contributed by atoms with Crippen molar-refractivity contribution in [3.05, 3.63) is 28.7 Å². The third-order valence-corrected chi connectivity index (χ3v) is 1.72. The second-order valence-electron chi connectivity index (χ2n) is 2.47. The van der Waals surface area contributed by atoms with Crippen molar-refractivity contribution in [2.45, 2.75) is 0 Å². The van der Waals surface area contributed by atoms with Gasteiger partial charge in [-0.2, -0.15) is 0 Å². The van der Waals surface area contributed by atoms with Gasteiger partial charge >= 0.3 is 11.7 Å². The molecule has 0 saturated heterocycles. The molecule has 0 aromatic heterocycles. The van der Waals surface area contributed by atoms with Crippen LogP contribution in [0.1, 0.15) is 10.4 Å². The van der Waals surface area contributed by atoms with Gasteiger partial charge in [0.25, 0.3) is 0 Å². The largest absolute Gasteiger partial charge is 0.497 e. The Morgan fingerprint density at radius 1 is 1.43 bits per heavy atom. The molecule has 1 aromatic carbocycles. The maximum atomic E-state index is 11.2. The van der Waals surface area contributed by atoms with Gasteiger partial charge in [-0.15, -0.1) is 0 Å².